The molecule has 0 aliphatic rings. The Labute approximate surface area is 78.8 Å². The Bertz CT molecular complexity index is 269. The summed E-state index contributed by atoms with van der Waals surface area (Å²) in [6, 6.07) is 9.76. The van der Waals surface area contributed by atoms with Crippen molar-refractivity contribution >= 4 is 5.78 Å². The smallest absolute Gasteiger partial charge is 0.146 e. The maximum absolute atomic E-state index is 10.8. The van der Waals surface area contributed by atoms with Gasteiger partial charge in [-0.1, -0.05) is 30.3 Å². The molecule has 1 rings (SSSR count). The van der Waals surface area contributed by atoms with Gasteiger partial charge in [-0.3, -0.25) is 4.79 Å². The normalized spacial score (nSPS) is 12.5. The third-order valence-corrected chi connectivity index (χ3v) is 2.11. The van der Waals surface area contributed by atoms with Crippen LogP contribution in [-0.4, -0.2) is 11.8 Å². The van der Waals surface area contributed by atoms with Crippen LogP contribution in [-0.2, 0) is 11.2 Å². The molecule has 2 N–H and O–H groups in total. The minimum atomic E-state index is -0.305. The molecule has 1 aromatic carbocycles. The quantitative estimate of drug-likeness (QED) is 0.758. The third kappa shape index (κ3) is 3.38. The van der Waals surface area contributed by atoms with Crippen LogP contribution in [0.15, 0.2) is 30.3 Å². The number of nitrogens with two attached hydrogens (primary N) is 1. The average Bonchev–Trinajstić information content (AvgIpc) is 2.15. The first-order valence-corrected chi connectivity index (χ1v) is 4.50. The number of hydrogen-bond acceptors (Lipinski definition) is 2. The minimum Gasteiger partial charge on any atom is -0.322 e. The van der Waals surface area contributed by atoms with Crippen LogP contribution in [0, 0.1) is 0 Å². The van der Waals surface area contributed by atoms with Crippen LogP contribution >= 0.6 is 0 Å². The molecule has 0 aliphatic heterocycles. The van der Waals surface area contributed by atoms with Crippen LogP contribution in [0.4, 0.5) is 0 Å². The number of benzene rings is 1. The highest BCUT2D eigenvalue weighted by molar-refractivity contribution is 5.81. The van der Waals surface area contributed by atoms with Gasteiger partial charge in [0.2, 0.25) is 0 Å². The van der Waals surface area contributed by atoms with Gasteiger partial charge in [0.05, 0.1) is 6.04 Å². The van der Waals surface area contributed by atoms with Crippen molar-refractivity contribution in [2.24, 2.45) is 5.73 Å². The fourth-order valence-corrected chi connectivity index (χ4v) is 1.17. The van der Waals surface area contributed by atoms with Crippen LogP contribution < -0.4 is 5.73 Å². The second kappa shape index (κ2) is 4.77. The highest BCUT2D eigenvalue weighted by atomic mass is 16.1. The van der Waals surface area contributed by atoms with E-state index in [1.165, 1.54) is 12.5 Å². The predicted octanol–water partition coefficient (Wildman–Crippen LogP) is 1.54. The van der Waals surface area contributed by atoms with E-state index >= 15 is 0 Å². The summed E-state index contributed by atoms with van der Waals surface area (Å²) in [6.07, 6.45) is 1.61. The van der Waals surface area contributed by atoms with Crippen molar-refractivity contribution in [3.05, 3.63) is 35.9 Å². The number of carbonyl (C=O) groups excluding carboxylic acids is 1. The van der Waals surface area contributed by atoms with Gasteiger partial charge in [-0.15, -0.1) is 0 Å². The van der Waals surface area contributed by atoms with Gasteiger partial charge in [0.15, 0.2) is 0 Å². The molecule has 2 heteroatoms. The molecular weight excluding hydrogens is 162 g/mol. The van der Waals surface area contributed by atoms with Crippen molar-refractivity contribution in [3.8, 4) is 0 Å². The predicted molar refractivity (Wildman–Crippen MR) is 53.4 cm³/mol. The topological polar surface area (TPSA) is 43.1 Å². The number of rotatable bonds is 4. The van der Waals surface area contributed by atoms with Gasteiger partial charge in [0, 0.05) is 0 Å². The molecule has 2 nitrogen and oxygen atoms in total. The summed E-state index contributed by atoms with van der Waals surface area (Å²) in [6.45, 7) is 1.54. The van der Waals surface area contributed by atoms with Gasteiger partial charge in [-0.25, -0.2) is 0 Å². The van der Waals surface area contributed by atoms with Gasteiger partial charge >= 0.3 is 0 Å². The van der Waals surface area contributed by atoms with Crippen molar-refractivity contribution in [3.63, 3.8) is 0 Å². The Hall–Kier alpha value is -1.15. The third-order valence-electron chi connectivity index (χ3n) is 2.11. The lowest BCUT2D eigenvalue weighted by molar-refractivity contribution is -0.118. The summed E-state index contributed by atoms with van der Waals surface area (Å²) in [5, 5.41) is 0. The second-order valence-electron chi connectivity index (χ2n) is 3.24. The summed E-state index contributed by atoms with van der Waals surface area (Å²) in [5.74, 6) is 0.0657. The SMILES string of the molecule is CC(=O)[C@H](N)CCc1ccccc1. The van der Waals surface area contributed by atoms with E-state index in [4.69, 9.17) is 5.73 Å². The van der Waals surface area contributed by atoms with Crippen molar-refractivity contribution < 1.29 is 4.79 Å². The molecule has 0 bridgehead atoms. The molecule has 0 spiro atoms. The minimum absolute atomic E-state index is 0.0657. The van der Waals surface area contributed by atoms with Gasteiger partial charge in [0.1, 0.15) is 5.78 Å². The fourth-order valence-electron chi connectivity index (χ4n) is 1.17. The molecule has 0 unspecified atom stereocenters. The molecule has 13 heavy (non-hydrogen) atoms. The summed E-state index contributed by atoms with van der Waals surface area (Å²) >= 11 is 0. The zero-order chi connectivity index (χ0) is 9.68. The standard InChI is InChI=1S/C11H15NO/c1-9(13)11(12)8-7-10-5-3-2-4-6-10/h2-6,11H,7-8,12H2,1H3/t11-/m1/s1. The summed E-state index contributed by atoms with van der Waals surface area (Å²) in [5.41, 5.74) is 6.85. The summed E-state index contributed by atoms with van der Waals surface area (Å²) in [4.78, 5) is 10.8. The molecule has 0 amide bonds. The van der Waals surface area contributed by atoms with E-state index in [0.29, 0.717) is 0 Å². The molecule has 0 saturated carbocycles. The van der Waals surface area contributed by atoms with E-state index in [2.05, 4.69) is 0 Å². The largest absolute Gasteiger partial charge is 0.322 e. The summed E-state index contributed by atoms with van der Waals surface area (Å²) in [7, 11) is 0. The molecule has 1 aromatic rings. The molecular formula is C11H15NO. The molecule has 0 radical (unpaired) electrons. The van der Waals surface area contributed by atoms with Crippen LogP contribution in [0.3, 0.4) is 0 Å². The monoisotopic (exact) mass is 177 g/mol. The zero-order valence-electron chi connectivity index (χ0n) is 7.86. The van der Waals surface area contributed by atoms with E-state index in [1.807, 2.05) is 30.3 Å². The fraction of sp³-hybridized carbons (Fsp3) is 0.364. The van der Waals surface area contributed by atoms with E-state index in [9.17, 15) is 4.79 Å². The highest BCUT2D eigenvalue weighted by Crippen LogP contribution is 2.04. The van der Waals surface area contributed by atoms with Crippen LogP contribution in [0.1, 0.15) is 18.9 Å². The maximum atomic E-state index is 10.8. The van der Waals surface area contributed by atoms with Crippen molar-refractivity contribution in [2.45, 2.75) is 25.8 Å². The number of Topliss-reactive ketones (excluding diaryl/α,β-unsaturated/α-hetero) is 1. The first kappa shape index (κ1) is 9.93. The Morgan fingerprint density at radius 3 is 2.54 bits per heavy atom. The van der Waals surface area contributed by atoms with Gasteiger partial charge in [-0.05, 0) is 25.3 Å². The molecule has 0 aliphatic carbocycles. The van der Waals surface area contributed by atoms with Crippen molar-refractivity contribution in [2.75, 3.05) is 0 Å². The number of hydrogen-bond donors (Lipinski definition) is 1. The second-order valence-corrected chi connectivity index (χ2v) is 3.24. The number of aryl methyl sites for hydroxylation is 1. The van der Waals surface area contributed by atoms with Crippen LogP contribution in [0.25, 0.3) is 0 Å². The first-order chi connectivity index (χ1) is 6.20. The van der Waals surface area contributed by atoms with Gasteiger partial charge in [0.25, 0.3) is 0 Å². The molecule has 70 valence electrons. The molecule has 0 aromatic heterocycles. The average molecular weight is 177 g/mol. The lowest BCUT2D eigenvalue weighted by Gasteiger charge is -2.06. The first-order valence-electron chi connectivity index (χ1n) is 4.50. The molecule has 0 heterocycles. The van der Waals surface area contributed by atoms with E-state index in [0.717, 1.165) is 12.8 Å². The van der Waals surface area contributed by atoms with E-state index < -0.39 is 0 Å². The molecule has 0 fully saturated rings. The lowest BCUT2D eigenvalue weighted by atomic mass is 10.0. The number of carbonyl (C=O) groups is 1. The van der Waals surface area contributed by atoms with Gasteiger partial charge in [-0.2, -0.15) is 0 Å². The van der Waals surface area contributed by atoms with Crippen LogP contribution in [0.5, 0.6) is 0 Å². The van der Waals surface area contributed by atoms with Crippen molar-refractivity contribution in [1.29, 1.82) is 0 Å². The lowest BCUT2D eigenvalue weighted by Crippen LogP contribution is -2.28. The Morgan fingerprint density at radius 2 is 2.00 bits per heavy atom. The Balaban J connectivity index is 2.39. The van der Waals surface area contributed by atoms with E-state index in [1.54, 1.807) is 0 Å². The maximum Gasteiger partial charge on any atom is 0.146 e. The van der Waals surface area contributed by atoms with Crippen molar-refractivity contribution in [1.82, 2.24) is 0 Å². The molecule has 1 atom stereocenters. The Morgan fingerprint density at radius 1 is 1.38 bits per heavy atom. The van der Waals surface area contributed by atoms with Gasteiger partial charge < -0.3 is 5.73 Å². The highest BCUT2D eigenvalue weighted by Gasteiger charge is 2.06. The number of ketones is 1. The molecule has 0 saturated heterocycles. The summed E-state index contributed by atoms with van der Waals surface area (Å²) < 4.78 is 0. The van der Waals surface area contributed by atoms with Crippen LogP contribution in [0.2, 0.25) is 0 Å². The Kier molecular flexibility index (Phi) is 3.65. The zero-order valence-corrected chi connectivity index (χ0v) is 7.86. The van der Waals surface area contributed by atoms with E-state index in [-0.39, 0.29) is 11.8 Å².